The van der Waals surface area contributed by atoms with Crippen LogP contribution in [-0.4, -0.2) is 220 Å². The van der Waals surface area contributed by atoms with Crippen molar-refractivity contribution in [1.82, 2.24) is 98.3 Å². The summed E-state index contributed by atoms with van der Waals surface area (Å²) in [5, 5.41) is 27.5. The molecule has 48 heteroatoms. The Morgan fingerprint density at radius 2 is 0.723 bits per heavy atom. The van der Waals surface area contributed by atoms with Gasteiger partial charge in [0.25, 0.3) is 0 Å². The quantitative estimate of drug-likeness (QED) is 0.0215. The number of alkyl halides is 1. The van der Waals surface area contributed by atoms with Gasteiger partial charge < -0.3 is 72.3 Å². The topological polar surface area (TPSA) is 536 Å². The molecule has 5 N–H and O–H groups in total. The van der Waals surface area contributed by atoms with Crippen molar-refractivity contribution in [3.05, 3.63) is 167 Å². The number of oxazole rings is 4. The number of anilines is 4. The van der Waals surface area contributed by atoms with E-state index in [2.05, 4.69) is 83.1 Å². The smallest absolute Gasteiger partial charge is 0.772 e. The molecule has 1 atom stereocenters. The normalized spacial score (nSPS) is 13.6. The molecule has 12 heterocycles. The van der Waals surface area contributed by atoms with Crippen molar-refractivity contribution < 1.29 is 117 Å². The molecule has 0 aliphatic heterocycles. The van der Waals surface area contributed by atoms with Gasteiger partial charge in [-0.05, 0) is 122 Å². The van der Waals surface area contributed by atoms with E-state index in [0.717, 1.165) is 126 Å². The minimum atomic E-state index is -3.12. The monoisotopic (exact) mass is 1980 g/mol. The Morgan fingerprint density at radius 1 is 0.453 bits per heavy atom. The molecule has 42 nitrogen and oxygen atoms in total. The third-order valence-corrected chi connectivity index (χ3v) is 29.4. The first-order valence-corrected chi connectivity index (χ1v) is 48.9. The zero-order valence-corrected chi connectivity index (χ0v) is 82.1. The average Bonchev–Trinajstić information content (AvgIpc) is 1.63. The number of nitrogens with two attached hydrogens (primary N) is 1. The predicted octanol–water partition coefficient (Wildman–Crippen LogP) is 10.0. The van der Waals surface area contributed by atoms with Gasteiger partial charge in [0.2, 0.25) is 47.4 Å². The van der Waals surface area contributed by atoms with Crippen LogP contribution in [0.2, 0.25) is 0 Å². The molecule has 4 saturated carbocycles. The number of nitrogen functional groups attached to an aromatic ring is 1. The van der Waals surface area contributed by atoms with Crippen LogP contribution in [0.3, 0.4) is 0 Å². The Labute approximate surface area is 820 Å². The van der Waals surface area contributed by atoms with Crippen molar-refractivity contribution in [2.24, 2.45) is 0 Å². The number of aryl methyl sites for hydroxylation is 8. The SMILES string of the molecule is C.C.CCCc1nc2c(C)c(-c3ncco3)nc(NCc3ccc(OC)cc3OC)n2n1.COc1ccc(CNc2nc(-c3ncco3)c(C)c3nc(CCS(=O)(=O)C4CC4)nn23)c(OC)c1.COc1ccc(CNc2nc(-c3ncco3)c(C)c3nc(CCS(=O)(=O)C4CC4)nn23)c(OC)c1.Cc1c(-c2ncco2)nc(N)n2nc(CCS(=O)(=O)C3CC3)nc12.O=S([O-])C1CC1.[2H]CC.[2H]CF.[Na+]. The molecule has 12 aromatic heterocycles. The van der Waals surface area contributed by atoms with E-state index in [1.54, 1.807) is 93.9 Å². The van der Waals surface area contributed by atoms with Crippen molar-refractivity contribution in [2.75, 3.05) is 88.8 Å². The Kier molecular flexibility index (Phi) is 36.3. The van der Waals surface area contributed by atoms with E-state index in [4.69, 9.17) is 74.5 Å². The molecule has 137 heavy (non-hydrogen) atoms. The van der Waals surface area contributed by atoms with Gasteiger partial charge in [0.15, 0.2) is 75.4 Å². The number of aromatic nitrogens is 20. The third kappa shape index (κ3) is 26.1. The minimum absolute atomic E-state index is 0. The van der Waals surface area contributed by atoms with Crippen LogP contribution >= 0.6 is 0 Å². The summed E-state index contributed by atoms with van der Waals surface area (Å²) in [5.74, 6) is 9.40. The Bertz CT molecular complexity index is 6750. The van der Waals surface area contributed by atoms with Crippen LogP contribution in [0.4, 0.5) is 28.2 Å². The van der Waals surface area contributed by atoms with Gasteiger partial charge in [0.1, 0.15) is 82.3 Å². The zero-order valence-electron chi connectivity index (χ0n) is 78.9. The first-order chi connectivity index (χ1) is 65.5. The molecule has 0 spiro atoms. The van der Waals surface area contributed by atoms with Gasteiger partial charge >= 0.3 is 29.6 Å². The number of nitrogens with zero attached hydrogens (tertiary/aromatic N) is 20. The Morgan fingerprint density at radius 3 is 0.956 bits per heavy atom. The Balaban J connectivity index is 0.000000183. The van der Waals surface area contributed by atoms with Crippen LogP contribution in [0.15, 0.2) is 122 Å². The molecule has 3 aromatic carbocycles. The molecule has 4 aliphatic rings. The van der Waals surface area contributed by atoms with Crippen molar-refractivity contribution >= 4 is 87.0 Å². The summed E-state index contributed by atoms with van der Waals surface area (Å²) in [6.45, 7) is 13.1. The summed E-state index contributed by atoms with van der Waals surface area (Å²) in [6.07, 6.45) is 20.9. The summed E-state index contributed by atoms with van der Waals surface area (Å²) in [6, 6.07) is 16.8. The van der Waals surface area contributed by atoms with Gasteiger partial charge in [0, 0.05) is 109 Å². The molecule has 0 bridgehead atoms. The number of methoxy groups -OCH3 is 6. The van der Waals surface area contributed by atoms with Gasteiger partial charge in [-0.3, -0.25) is 8.60 Å². The van der Waals surface area contributed by atoms with Crippen LogP contribution in [0, 0.1) is 27.7 Å². The minimum Gasteiger partial charge on any atom is -0.772 e. The molecular weight excluding hydrogens is 1860 g/mol. The maximum Gasteiger partial charge on any atom is 1.00 e. The van der Waals surface area contributed by atoms with E-state index >= 15 is 0 Å². The molecule has 19 rings (SSSR count). The molecule has 15 aromatic rings. The summed E-state index contributed by atoms with van der Waals surface area (Å²) in [5.41, 5.74) is 16.2. The fourth-order valence-corrected chi connectivity index (χ4v) is 19.3. The van der Waals surface area contributed by atoms with Gasteiger partial charge in [-0.25, -0.2) is 85.1 Å². The van der Waals surface area contributed by atoms with E-state index in [9.17, 15) is 38.4 Å². The molecule has 730 valence electrons. The molecule has 0 radical (unpaired) electrons. The number of fused-ring (bicyclic) bond motifs is 4. The van der Waals surface area contributed by atoms with E-state index in [1.165, 1.54) is 35.8 Å². The average molecular weight is 1980 g/mol. The maximum absolute atomic E-state index is 12.4. The van der Waals surface area contributed by atoms with Crippen LogP contribution in [-0.2, 0) is 85.9 Å². The molecule has 1 unspecified atom stereocenters. The molecule has 0 saturated heterocycles. The third-order valence-electron chi connectivity index (χ3n) is 21.6. The second kappa shape index (κ2) is 48.1. The van der Waals surface area contributed by atoms with Crippen molar-refractivity contribution in [1.29, 1.82) is 0 Å². The van der Waals surface area contributed by atoms with Crippen LogP contribution in [0.5, 0.6) is 34.5 Å². The van der Waals surface area contributed by atoms with Crippen LogP contribution in [0.1, 0.15) is 158 Å². The second-order valence-electron chi connectivity index (χ2n) is 30.8. The largest absolute Gasteiger partial charge is 1.00 e. The van der Waals surface area contributed by atoms with E-state index in [1.807, 2.05) is 70.2 Å². The molecular formula is C89H114FN24NaO18S4. The molecule has 0 amide bonds. The fraction of sp³-hybridized carbons (Fsp3) is 0.438. The number of ether oxygens (including phenoxy) is 6. The van der Waals surface area contributed by atoms with Gasteiger partial charge in [-0.15, -0.1) is 20.4 Å². The first-order valence-electron chi connectivity index (χ1n) is 44.0. The summed E-state index contributed by atoms with van der Waals surface area (Å²) in [4.78, 5) is 53.6. The van der Waals surface area contributed by atoms with Crippen LogP contribution < -0.4 is 79.7 Å². The first kappa shape index (κ1) is 104. The van der Waals surface area contributed by atoms with Gasteiger partial charge in [-0.1, -0.05) is 46.7 Å². The number of hydrogen-bond acceptors (Lipinski definition) is 38. The summed E-state index contributed by atoms with van der Waals surface area (Å²) in [7, 11) is -0.623. The van der Waals surface area contributed by atoms with Gasteiger partial charge in [-0.2, -0.15) is 18.1 Å². The Hall–Kier alpha value is -12.4. The number of sulfone groups is 3. The summed E-state index contributed by atoms with van der Waals surface area (Å²) < 4.78 is 175. The van der Waals surface area contributed by atoms with E-state index < -0.39 is 47.7 Å². The van der Waals surface area contributed by atoms with E-state index in [-0.39, 0.29) is 108 Å². The predicted molar refractivity (Wildman–Crippen MR) is 508 cm³/mol. The summed E-state index contributed by atoms with van der Waals surface area (Å²) >= 11 is -1.76. The second-order valence-corrected chi connectivity index (χ2v) is 39.2. The number of nitrogens with one attached hydrogen (secondary N) is 3. The fourth-order valence-electron chi connectivity index (χ4n) is 13.8. The standard InChI is InChI=1S/2C23H26N6O5S.C21H24N6O3.C14H16N6O3S.C3H6O2S.C2H6.CH3F.2CH4.Na/c2*1-14-20(22-24-9-10-34-22)27-23(25-13-15-4-5-16(32-2)12-18(15)33-3)29-21(14)26-19(28-29)8-11-35(30,31)17-6-7-17;1-5-6-17-24-19-13(2)18(20-22-9-10-30-20)25-21(27(19)26-17)23-12-14-7-8-15(28-3)11-16(14)29-4;1-8-11(13-16-5-6-23-13)18-14(15)20-12(8)17-10(19-20)4-7-24(21,22)9-2-3-9;4-6(5)3-1-2-3;2*1-2;;;/h2*4-5,9-10,12,17H,6-8,11,13H2,1-3H3,(H,25,27);7-11H,5-6,12H2,1-4H3,(H,23,25);5-6,9H,2-4,7H2,1H3,(H2,15,18);3H,1-2H2,(H,4,5);1-2H3;1H3;2*1H4;/q;;;;;;;;;+1/p-1/i;;;;;2*1D;;;. The number of rotatable bonds is 34. The van der Waals surface area contributed by atoms with Crippen molar-refractivity contribution in [3.63, 3.8) is 0 Å². The number of halogens is 1. The van der Waals surface area contributed by atoms with Crippen molar-refractivity contribution in [2.45, 2.75) is 187 Å². The van der Waals surface area contributed by atoms with Gasteiger partial charge in [0.05, 0.1) is 109 Å². The maximum atomic E-state index is 12.4. The van der Waals surface area contributed by atoms with Crippen LogP contribution in [0.25, 0.3) is 68.9 Å². The molecule has 4 fully saturated rings. The molecule has 4 aliphatic carbocycles. The number of hydrogen-bond donors (Lipinski definition) is 4. The number of benzene rings is 3. The zero-order chi connectivity index (χ0) is 97.1. The van der Waals surface area contributed by atoms with E-state index in [0.29, 0.717) is 148 Å². The van der Waals surface area contributed by atoms with Crippen molar-refractivity contribution in [3.8, 4) is 80.8 Å².